The number of nitrogens with zero attached hydrogens (tertiary/aromatic N) is 1. The van der Waals surface area contributed by atoms with Crippen molar-refractivity contribution in [1.82, 2.24) is 0 Å². The first kappa shape index (κ1) is 14.7. The minimum absolute atomic E-state index is 0.623. The van der Waals surface area contributed by atoms with Gasteiger partial charge in [-0.05, 0) is 42.8 Å². The summed E-state index contributed by atoms with van der Waals surface area (Å²) in [6.45, 7) is 0.623. The van der Waals surface area contributed by atoms with E-state index in [1.165, 1.54) is 0 Å². The highest BCUT2D eigenvalue weighted by atomic mass is 35.5. The van der Waals surface area contributed by atoms with Crippen molar-refractivity contribution in [2.75, 3.05) is 25.6 Å². The van der Waals surface area contributed by atoms with E-state index >= 15 is 0 Å². The van der Waals surface area contributed by atoms with Crippen LogP contribution in [0.2, 0.25) is 5.02 Å². The lowest BCUT2D eigenvalue weighted by molar-refractivity contribution is 0.415. The van der Waals surface area contributed by atoms with E-state index in [0.29, 0.717) is 11.6 Å². The third kappa shape index (κ3) is 3.06. The molecule has 2 N–H and O–H groups in total. The van der Waals surface area contributed by atoms with E-state index < -0.39 is 0 Å². The Kier molecular flexibility index (Phi) is 4.88. The van der Waals surface area contributed by atoms with Gasteiger partial charge < -0.3 is 15.4 Å². The molecule has 0 amide bonds. The van der Waals surface area contributed by atoms with Gasteiger partial charge in [-0.15, -0.1) is 0 Å². The fourth-order valence-electron chi connectivity index (χ4n) is 2.18. The Bertz CT molecular complexity index is 586. The summed E-state index contributed by atoms with van der Waals surface area (Å²) in [5, 5.41) is 0.712. The Balaban J connectivity index is 2.35. The molecule has 3 nitrogen and oxygen atoms in total. The van der Waals surface area contributed by atoms with E-state index in [0.717, 1.165) is 29.1 Å². The number of ether oxygens (including phenoxy) is 1. The van der Waals surface area contributed by atoms with Crippen LogP contribution < -0.4 is 15.4 Å². The summed E-state index contributed by atoms with van der Waals surface area (Å²) in [5.41, 5.74) is 8.63. The van der Waals surface area contributed by atoms with Gasteiger partial charge in [0.1, 0.15) is 5.75 Å². The van der Waals surface area contributed by atoms with Gasteiger partial charge in [0.15, 0.2) is 0 Å². The molecule has 2 aromatic carbocycles. The SMILES string of the molecule is COc1ccccc1N(C)c1ccc(CCN)cc1Cl. The van der Waals surface area contributed by atoms with Gasteiger partial charge in [-0.1, -0.05) is 29.8 Å². The number of nitrogens with two attached hydrogens (primary N) is 1. The third-order valence-corrected chi connectivity index (χ3v) is 3.56. The van der Waals surface area contributed by atoms with Crippen LogP contribution in [0.25, 0.3) is 0 Å². The molecule has 106 valence electrons. The van der Waals surface area contributed by atoms with Crippen molar-refractivity contribution >= 4 is 23.0 Å². The fourth-order valence-corrected chi connectivity index (χ4v) is 2.51. The number of hydrogen-bond donors (Lipinski definition) is 1. The smallest absolute Gasteiger partial charge is 0.142 e. The molecule has 0 radical (unpaired) electrons. The predicted molar refractivity (Wildman–Crippen MR) is 85.3 cm³/mol. The highest BCUT2D eigenvalue weighted by molar-refractivity contribution is 6.33. The van der Waals surface area contributed by atoms with Crippen LogP contribution in [0, 0.1) is 0 Å². The van der Waals surface area contributed by atoms with E-state index in [-0.39, 0.29) is 0 Å². The Hall–Kier alpha value is -1.71. The standard InChI is InChI=1S/C16H19ClN2O/c1-19(15-5-3-4-6-16(15)20-2)14-8-7-12(9-10-18)11-13(14)17/h3-8,11H,9-10,18H2,1-2H3. The summed E-state index contributed by atoms with van der Waals surface area (Å²) >= 11 is 6.38. The van der Waals surface area contributed by atoms with Crippen molar-refractivity contribution in [2.45, 2.75) is 6.42 Å². The Morgan fingerprint density at radius 2 is 1.90 bits per heavy atom. The van der Waals surface area contributed by atoms with Crippen LogP contribution in [-0.2, 0) is 6.42 Å². The average Bonchev–Trinajstić information content (AvgIpc) is 2.47. The maximum Gasteiger partial charge on any atom is 0.142 e. The number of rotatable bonds is 5. The molecule has 0 heterocycles. The molecule has 0 aliphatic rings. The van der Waals surface area contributed by atoms with E-state index in [4.69, 9.17) is 22.1 Å². The van der Waals surface area contributed by atoms with Gasteiger partial charge in [-0.2, -0.15) is 0 Å². The van der Waals surface area contributed by atoms with Gasteiger partial charge in [0.25, 0.3) is 0 Å². The summed E-state index contributed by atoms with van der Waals surface area (Å²) in [6.07, 6.45) is 0.832. The molecule has 0 saturated heterocycles. The summed E-state index contributed by atoms with van der Waals surface area (Å²) in [6, 6.07) is 13.9. The molecule has 0 saturated carbocycles. The molecule has 2 aromatic rings. The number of anilines is 2. The van der Waals surface area contributed by atoms with Gasteiger partial charge >= 0.3 is 0 Å². The van der Waals surface area contributed by atoms with Crippen LogP contribution in [0.1, 0.15) is 5.56 Å². The molecule has 20 heavy (non-hydrogen) atoms. The van der Waals surface area contributed by atoms with Gasteiger partial charge in [-0.25, -0.2) is 0 Å². The summed E-state index contributed by atoms with van der Waals surface area (Å²) in [7, 11) is 3.64. The minimum atomic E-state index is 0.623. The van der Waals surface area contributed by atoms with Crippen molar-refractivity contribution in [2.24, 2.45) is 5.73 Å². The van der Waals surface area contributed by atoms with E-state index in [2.05, 4.69) is 6.07 Å². The molecule has 0 aliphatic heterocycles. The van der Waals surface area contributed by atoms with Crippen molar-refractivity contribution in [3.05, 3.63) is 53.1 Å². The zero-order chi connectivity index (χ0) is 14.5. The van der Waals surface area contributed by atoms with Gasteiger partial charge in [0.05, 0.1) is 23.5 Å². The number of halogens is 1. The lowest BCUT2D eigenvalue weighted by atomic mass is 10.1. The van der Waals surface area contributed by atoms with Crippen molar-refractivity contribution in [3.63, 3.8) is 0 Å². The molecule has 2 rings (SSSR count). The Labute approximate surface area is 124 Å². The zero-order valence-electron chi connectivity index (χ0n) is 11.8. The average molecular weight is 291 g/mol. The summed E-state index contributed by atoms with van der Waals surface area (Å²) < 4.78 is 5.39. The second-order valence-electron chi connectivity index (χ2n) is 4.56. The zero-order valence-corrected chi connectivity index (χ0v) is 12.5. The molecule has 0 aliphatic carbocycles. The molecule has 0 atom stereocenters. The van der Waals surface area contributed by atoms with E-state index in [9.17, 15) is 0 Å². The molecule has 0 unspecified atom stereocenters. The second-order valence-corrected chi connectivity index (χ2v) is 4.96. The highest BCUT2D eigenvalue weighted by Gasteiger charge is 2.12. The van der Waals surface area contributed by atoms with Gasteiger partial charge in [0.2, 0.25) is 0 Å². The van der Waals surface area contributed by atoms with Crippen LogP contribution in [0.5, 0.6) is 5.75 Å². The molecular weight excluding hydrogens is 272 g/mol. The number of benzene rings is 2. The topological polar surface area (TPSA) is 38.5 Å². The van der Waals surface area contributed by atoms with Crippen molar-refractivity contribution < 1.29 is 4.74 Å². The number of hydrogen-bond acceptors (Lipinski definition) is 3. The van der Waals surface area contributed by atoms with Crippen LogP contribution in [0.15, 0.2) is 42.5 Å². The fraction of sp³-hybridized carbons (Fsp3) is 0.250. The lowest BCUT2D eigenvalue weighted by Gasteiger charge is -2.23. The third-order valence-electron chi connectivity index (χ3n) is 3.25. The van der Waals surface area contributed by atoms with Crippen molar-refractivity contribution in [1.29, 1.82) is 0 Å². The predicted octanol–water partition coefficient (Wildman–Crippen LogP) is 3.62. The number of para-hydroxylation sites is 2. The highest BCUT2D eigenvalue weighted by Crippen LogP contribution is 2.36. The summed E-state index contributed by atoms with van der Waals surface area (Å²) in [4.78, 5) is 2.02. The lowest BCUT2D eigenvalue weighted by Crippen LogP contribution is -2.11. The van der Waals surface area contributed by atoms with E-state index in [1.807, 2.05) is 48.3 Å². The van der Waals surface area contributed by atoms with Crippen LogP contribution in [-0.4, -0.2) is 20.7 Å². The Morgan fingerprint density at radius 3 is 2.55 bits per heavy atom. The molecule has 0 bridgehead atoms. The molecular formula is C16H19ClN2O. The molecule has 0 fully saturated rings. The molecule has 4 heteroatoms. The Morgan fingerprint density at radius 1 is 1.15 bits per heavy atom. The maximum atomic E-state index is 6.38. The molecule has 0 spiro atoms. The van der Waals surface area contributed by atoms with Crippen molar-refractivity contribution in [3.8, 4) is 5.75 Å². The summed E-state index contributed by atoms with van der Waals surface area (Å²) in [5.74, 6) is 0.817. The van der Waals surface area contributed by atoms with Crippen LogP contribution in [0.4, 0.5) is 11.4 Å². The minimum Gasteiger partial charge on any atom is -0.495 e. The first-order valence-corrected chi connectivity index (χ1v) is 6.90. The van der Waals surface area contributed by atoms with E-state index in [1.54, 1.807) is 7.11 Å². The monoisotopic (exact) mass is 290 g/mol. The van der Waals surface area contributed by atoms with Crippen LogP contribution >= 0.6 is 11.6 Å². The first-order valence-electron chi connectivity index (χ1n) is 6.52. The van der Waals surface area contributed by atoms with Gasteiger partial charge in [0, 0.05) is 7.05 Å². The first-order chi connectivity index (χ1) is 9.67. The molecule has 0 aromatic heterocycles. The largest absolute Gasteiger partial charge is 0.495 e. The number of methoxy groups -OCH3 is 1. The quantitative estimate of drug-likeness (QED) is 0.914. The second kappa shape index (κ2) is 6.64. The van der Waals surface area contributed by atoms with Gasteiger partial charge in [-0.3, -0.25) is 0 Å². The maximum absolute atomic E-state index is 6.38. The normalized spacial score (nSPS) is 10.4. The van der Waals surface area contributed by atoms with Crippen LogP contribution in [0.3, 0.4) is 0 Å².